The summed E-state index contributed by atoms with van der Waals surface area (Å²) in [7, 11) is -7.48. The number of rotatable bonds is 6. The van der Waals surface area contributed by atoms with E-state index in [2.05, 4.69) is 0 Å². The summed E-state index contributed by atoms with van der Waals surface area (Å²) in [6.07, 6.45) is 0. The number of ether oxygens (including phenoxy) is 1. The van der Waals surface area contributed by atoms with Gasteiger partial charge in [0.1, 0.15) is 11.5 Å². The molecule has 6 aromatic carbocycles. The van der Waals surface area contributed by atoms with Gasteiger partial charge in [-0.05, 0) is 71.4 Å². The SMILES string of the molecule is O=S(=O)(c1ccc(Oc2ccc(S(=O)(=O)c3cccc4ccccc34)cc2)cc1)c1cccc2ccccc12. The van der Waals surface area contributed by atoms with Gasteiger partial charge in [-0.2, -0.15) is 0 Å². The van der Waals surface area contributed by atoms with Gasteiger partial charge in [-0.1, -0.05) is 72.8 Å². The number of hydrogen-bond acceptors (Lipinski definition) is 5. The molecule has 5 nitrogen and oxygen atoms in total. The third-order valence-electron chi connectivity index (χ3n) is 6.58. The topological polar surface area (TPSA) is 77.5 Å². The lowest BCUT2D eigenvalue weighted by Crippen LogP contribution is -2.03. The van der Waals surface area contributed by atoms with Crippen molar-refractivity contribution in [2.24, 2.45) is 0 Å². The summed E-state index contributed by atoms with van der Waals surface area (Å²) < 4.78 is 59.3. The Kier molecular flexibility index (Phi) is 6.17. The lowest BCUT2D eigenvalue weighted by molar-refractivity contribution is 0.481. The minimum Gasteiger partial charge on any atom is -0.457 e. The third kappa shape index (κ3) is 4.56. The van der Waals surface area contributed by atoms with Crippen molar-refractivity contribution in [2.45, 2.75) is 19.6 Å². The molecule has 0 aliphatic heterocycles. The summed E-state index contributed by atoms with van der Waals surface area (Å²) in [5.41, 5.74) is 0. The highest BCUT2D eigenvalue weighted by Gasteiger charge is 2.21. The Balaban J connectivity index is 1.24. The second-order valence-corrected chi connectivity index (χ2v) is 12.8. The Morgan fingerprint density at radius 2 is 0.744 bits per heavy atom. The van der Waals surface area contributed by atoms with Gasteiger partial charge in [0, 0.05) is 10.8 Å². The Morgan fingerprint density at radius 1 is 0.385 bits per heavy atom. The van der Waals surface area contributed by atoms with Crippen LogP contribution in [0.2, 0.25) is 0 Å². The monoisotopic (exact) mass is 550 g/mol. The van der Waals surface area contributed by atoms with Gasteiger partial charge in [-0.25, -0.2) is 16.8 Å². The van der Waals surface area contributed by atoms with Gasteiger partial charge in [0.25, 0.3) is 0 Å². The fourth-order valence-electron chi connectivity index (χ4n) is 4.62. The first-order valence-electron chi connectivity index (χ1n) is 12.2. The molecule has 0 fully saturated rings. The van der Waals surface area contributed by atoms with Crippen molar-refractivity contribution in [3.05, 3.63) is 133 Å². The fourth-order valence-corrected chi connectivity index (χ4v) is 7.59. The van der Waals surface area contributed by atoms with Gasteiger partial charge in [0.15, 0.2) is 0 Å². The average molecular weight is 551 g/mol. The number of fused-ring (bicyclic) bond motifs is 2. The van der Waals surface area contributed by atoms with Crippen LogP contribution in [0.3, 0.4) is 0 Å². The molecule has 0 saturated heterocycles. The van der Waals surface area contributed by atoms with Crippen molar-refractivity contribution < 1.29 is 21.6 Å². The molecule has 0 heterocycles. The summed E-state index contributed by atoms with van der Waals surface area (Å²) in [5.74, 6) is 0.855. The lowest BCUT2D eigenvalue weighted by atomic mass is 10.1. The summed E-state index contributed by atoms with van der Waals surface area (Å²) in [4.78, 5) is 0.806. The van der Waals surface area contributed by atoms with Crippen LogP contribution in [0.25, 0.3) is 21.5 Å². The first-order chi connectivity index (χ1) is 18.8. The first kappa shape index (κ1) is 24.9. The second kappa shape index (κ2) is 9.69. The lowest BCUT2D eigenvalue weighted by Gasteiger charge is -2.11. The summed E-state index contributed by atoms with van der Waals surface area (Å²) in [5, 5.41) is 3.03. The van der Waals surface area contributed by atoms with Crippen LogP contribution in [-0.2, 0) is 19.7 Å². The Morgan fingerprint density at radius 3 is 1.15 bits per heavy atom. The molecule has 6 rings (SSSR count). The molecule has 0 spiro atoms. The van der Waals surface area contributed by atoms with E-state index in [-0.39, 0.29) is 19.6 Å². The third-order valence-corrected chi connectivity index (χ3v) is 10.2. The molecule has 7 heteroatoms. The van der Waals surface area contributed by atoms with Gasteiger partial charge in [-0.3, -0.25) is 0 Å². The van der Waals surface area contributed by atoms with Crippen LogP contribution in [0.15, 0.2) is 153 Å². The molecule has 0 aliphatic carbocycles. The molecule has 0 atom stereocenters. The average Bonchev–Trinajstić information content (AvgIpc) is 2.97. The molecule has 6 aromatic rings. The van der Waals surface area contributed by atoms with E-state index in [1.807, 2.05) is 48.5 Å². The largest absolute Gasteiger partial charge is 0.457 e. The van der Waals surface area contributed by atoms with Gasteiger partial charge in [0.2, 0.25) is 19.7 Å². The minimum absolute atomic E-state index is 0.155. The van der Waals surface area contributed by atoms with Crippen LogP contribution in [0, 0.1) is 0 Å². The highest BCUT2D eigenvalue weighted by molar-refractivity contribution is 7.92. The molecule has 39 heavy (non-hydrogen) atoms. The molecule has 0 unspecified atom stereocenters. The normalized spacial score (nSPS) is 12.0. The molecule has 0 aromatic heterocycles. The predicted molar refractivity (Wildman–Crippen MR) is 152 cm³/mol. The predicted octanol–water partition coefficient (Wildman–Crippen LogP) is 7.45. The molecule has 0 amide bonds. The van der Waals surface area contributed by atoms with Crippen LogP contribution >= 0.6 is 0 Å². The van der Waals surface area contributed by atoms with Crippen molar-refractivity contribution in [3.63, 3.8) is 0 Å². The molecular formula is C32H22O5S2. The highest BCUT2D eigenvalue weighted by Crippen LogP contribution is 2.32. The molecule has 192 valence electrons. The summed E-state index contributed by atoms with van der Waals surface area (Å²) in [6, 6.07) is 37.5. The number of sulfone groups is 2. The standard InChI is InChI=1S/C32H22O5S2/c33-38(34,31-13-5-9-23-7-1-3-11-29(23)31)27-19-15-25(16-20-27)37-26-17-21-28(22-18-26)39(35,36)32-14-6-10-24-8-2-4-12-30(24)32/h1-22H. The van der Waals surface area contributed by atoms with Crippen molar-refractivity contribution >= 4 is 41.2 Å². The van der Waals surface area contributed by atoms with Crippen LogP contribution < -0.4 is 4.74 Å². The van der Waals surface area contributed by atoms with Gasteiger partial charge >= 0.3 is 0 Å². The van der Waals surface area contributed by atoms with E-state index in [9.17, 15) is 16.8 Å². The number of benzene rings is 6. The highest BCUT2D eigenvalue weighted by atomic mass is 32.2. The van der Waals surface area contributed by atoms with Crippen LogP contribution in [0.4, 0.5) is 0 Å². The van der Waals surface area contributed by atoms with Crippen molar-refractivity contribution in [3.8, 4) is 11.5 Å². The fraction of sp³-hybridized carbons (Fsp3) is 0. The van der Waals surface area contributed by atoms with Crippen molar-refractivity contribution in [1.29, 1.82) is 0 Å². The minimum atomic E-state index is -3.74. The van der Waals surface area contributed by atoms with Gasteiger partial charge in [0.05, 0.1) is 19.6 Å². The Bertz CT molecular complexity index is 1890. The molecule has 0 aliphatic rings. The van der Waals surface area contributed by atoms with E-state index in [0.29, 0.717) is 22.3 Å². The van der Waals surface area contributed by atoms with Gasteiger partial charge < -0.3 is 4.74 Å². The van der Waals surface area contributed by atoms with Crippen molar-refractivity contribution in [1.82, 2.24) is 0 Å². The van der Waals surface area contributed by atoms with E-state index in [0.717, 1.165) is 10.8 Å². The maximum Gasteiger partial charge on any atom is 0.207 e. The van der Waals surface area contributed by atoms with E-state index < -0.39 is 19.7 Å². The summed E-state index contributed by atoms with van der Waals surface area (Å²) in [6.45, 7) is 0. The van der Waals surface area contributed by atoms with E-state index in [1.54, 1.807) is 60.7 Å². The Labute approximate surface area is 226 Å². The molecule has 0 N–H and O–H groups in total. The Hall–Kier alpha value is -4.46. The molecular weight excluding hydrogens is 528 g/mol. The number of hydrogen-bond donors (Lipinski definition) is 0. The van der Waals surface area contributed by atoms with Crippen LogP contribution in [-0.4, -0.2) is 16.8 Å². The van der Waals surface area contributed by atoms with E-state index in [4.69, 9.17) is 4.74 Å². The zero-order valence-corrected chi connectivity index (χ0v) is 22.2. The smallest absolute Gasteiger partial charge is 0.207 e. The summed E-state index contributed by atoms with van der Waals surface area (Å²) >= 11 is 0. The zero-order valence-electron chi connectivity index (χ0n) is 20.6. The maximum atomic E-state index is 13.3. The quantitative estimate of drug-likeness (QED) is 0.215. The second-order valence-electron chi connectivity index (χ2n) is 9.01. The van der Waals surface area contributed by atoms with E-state index in [1.165, 1.54) is 24.3 Å². The first-order valence-corrected chi connectivity index (χ1v) is 15.1. The van der Waals surface area contributed by atoms with Gasteiger partial charge in [-0.15, -0.1) is 0 Å². The van der Waals surface area contributed by atoms with Crippen LogP contribution in [0.5, 0.6) is 11.5 Å². The van der Waals surface area contributed by atoms with Crippen molar-refractivity contribution in [2.75, 3.05) is 0 Å². The van der Waals surface area contributed by atoms with E-state index >= 15 is 0 Å². The molecule has 0 radical (unpaired) electrons. The molecule has 0 saturated carbocycles. The maximum absolute atomic E-state index is 13.3. The zero-order chi connectivity index (χ0) is 27.0. The molecule has 0 bridgehead atoms. The van der Waals surface area contributed by atoms with Crippen LogP contribution in [0.1, 0.15) is 0 Å².